The summed E-state index contributed by atoms with van der Waals surface area (Å²) in [6.45, 7) is 11.5. The summed E-state index contributed by atoms with van der Waals surface area (Å²) in [5, 5.41) is 9.24. The highest BCUT2D eigenvalue weighted by Gasteiger charge is 2.30. The molecule has 0 amide bonds. The molecule has 0 bridgehead atoms. The van der Waals surface area contributed by atoms with Crippen LogP contribution in [0.15, 0.2) is 0 Å². The first kappa shape index (κ1) is 17.9. The van der Waals surface area contributed by atoms with Gasteiger partial charge in [-0.3, -0.25) is 9.59 Å². The van der Waals surface area contributed by atoms with E-state index in [4.69, 9.17) is 4.74 Å². The zero-order valence-electron chi connectivity index (χ0n) is 13.1. The van der Waals surface area contributed by atoms with Crippen LogP contribution >= 0.6 is 0 Å². The van der Waals surface area contributed by atoms with Gasteiger partial charge in [-0.1, -0.05) is 27.2 Å². The van der Waals surface area contributed by atoms with Crippen LogP contribution in [0.2, 0.25) is 0 Å². The number of aliphatic carboxylic acids is 1. The molecule has 4 nitrogen and oxygen atoms in total. The number of hydrogen-bond acceptors (Lipinski definition) is 3. The fraction of sp³-hybridized carbons (Fsp3) is 0.867. The van der Waals surface area contributed by atoms with Gasteiger partial charge in [0.25, 0.3) is 0 Å². The molecule has 4 heteroatoms. The molecule has 0 rings (SSSR count). The van der Waals surface area contributed by atoms with Crippen LogP contribution in [0, 0.1) is 11.3 Å². The summed E-state index contributed by atoms with van der Waals surface area (Å²) in [5.41, 5.74) is -0.640. The van der Waals surface area contributed by atoms with Gasteiger partial charge in [-0.15, -0.1) is 0 Å². The van der Waals surface area contributed by atoms with Gasteiger partial charge in [0.05, 0.1) is 12.3 Å². The molecule has 0 aromatic carbocycles. The van der Waals surface area contributed by atoms with Gasteiger partial charge >= 0.3 is 11.9 Å². The summed E-state index contributed by atoms with van der Waals surface area (Å²) < 4.78 is 5.19. The van der Waals surface area contributed by atoms with Crippen LogP contribution in [0.3, 0.4) is 0 Å². The van der Waals surface area contributed by atoms with Crippen LogP contribution in [0.4, 0.5) is 0 Å². The first-order valence-corrected chi connectivity index (χ1v) is 6.91. The molecule has 0 aliphatic carbocycles. The van der Waals surface area contributed by atoms with Crippen molar-refractivity contribution in [3.63, 3.8) is 0 Å². The summed E-state index contributed by atoms with van der Waals surface area (Å²) in [6.07, 6.45) is 2.39. The van der Waals surface area contributed by atoms with Crippen molar-refractivity contribution < 1.29 is 19.4 Å². The maximum atomic E-state index is 11.7. The zero-order valence-corrected chi connectivity index (χ0v) is 13.1. The van der Waals surface area contributed by atoms with Crippen molar-refractivity contribution in [2.75, 3.05) is 0 Å². The van der Waals surface area contributed by atoms with Crippen molar-refractivity contribution in [3.05, 3.63) is 0 Å². The molecule has 1 N–H and O–H groups in total. The molecule has 0 saturated heterocycles. The Labute approximate surface area is 116 Å². The highest BCUT2D eigenvalue weighted by molar-refractivity contribution is 5.79. The molecule has 0 fully saturated rings. The third-order valence-electron chi connectivity index (χ3n) is 2.91. The van der Waals surface area contributed by atoms with E-state index in [-0.39, 0.29) is 11.8 Å². The van der Waals surface area contributed by atoms with Crippen molar-refractivity contribution in [1.82, 2.24) is 0 Å². The van der Waals surface area contributed by atoms with E-state index in [0.717, 1.165) is 12.8 Å². The molecule has 0 aromatic heterocycles. The van der Waals surface area contributed by atoms with E-state index in [2.05, 4.69) is 6.92 Å². The average Bonchev–Trinajstić information content (AvgIpc) is 2.12. The molecular formula is C15H28O4. The van der Waals surface area contributed by atoms with Crippen molar-refractivity contribution in [1.29, 1.82) is 0 Å². The number of hydrogen-bond donors (Lipinski definition) is 1. The molecule has 0 radical (unpaired) electrons. The number of carbonyl (C=O) groups is 2. The van der Waals surface area contributed by atoms with Gasteiger partial charge in [0.15, 0.2) is 0 Å². The quantitative estimate of drug-likeness (QED) is 0.719. The van der Waals surface area contributed by atoms with E-state index < -0.39 is 23.5 Å². The molecular weight excluding hydrogens is 244 g/mol. The maximum Gasteiger partial charge on any atom is 0.307 e. The Morgan fingerprint density at radius 3 is 2.05 bits per heavy atom. The number of esters is 1. The second-order valence-electron chi connectivity index (χ2n) is 6.94. The summed E-state index contributed by atoms with van der Waals surface area (Å²) in [7, 11) is 0. The number of ether oxygens (including phenoxy) is 1. The predicted octanol–water partition coefficient (Wildman–Crippen LogP) is 3.64. The fourth-order valence-corrected chi connectivity index (χ4v) is 2.28. The molecule has 0 saturated carbocycles. The molecule has 1 atom stereocenters. The van der Waals surface area contributed by atoms with Crippen LogP contribution in [0.1, 0.15) is 67.2 Å². The van der Waals surface area contributed by atoms with E-state index in [1.165, 1.54) is 0 Å². The average molecular weight is 272 g/mol. The van der Waals surface area contributed by atoms with Gasteiger partial charge in [0.2, 0.25) is 0 Å². The van der Waals surface area contributed by atoms with Crippen LogP contribution in [-0.4, -0.2) is 22.6 Å². The van der Waals surface area contributed by atoms with Crippen LogP contribution in [0.25, 0.3) is 0 Å². The third-order valence-corrected chi connectivity index (χ3v) is 2.91. The molecule has 19 heavy (non-hydrogen) atoms. The summed E-state index contributed by atoms with van der Waals surface area (Å²) >= 11 is 0. The lowest BCUT2D eigenvalue weighted by Crippen LogP contribution is -2.29. The number of carboxylic acid groups (broad SMARTS) is 1. The van der Waals surface area contributed by atoms with Crippen molar-refractivity contribution in [2.24, 2.45) is 11.3 Å². The van der Waals surface area contributed by atoms with Crippen LogP contribution < -0.4 is 0 Å². The molecule has 0 spiro atoms. The number of carboxylic acids is 1. The Hall–Kier alpha value is -1.06. The first-order valence-electron chi connectivity index (χ1n) is 6.91. The van der Waals surface area contributed by atoms with Crippen molar-refractivity contribution >= 4 is 11.9 Å². The van der Waals surface area contributed by atoms with Crippen molar-refractivity contribution in [3.8, 4) is 0 Å². The Morgan fingerprint density at radius 1 is 1.16 bits per heavy atom. The molecule has 1 unspecified atom stereocenters. The fourth-order valence-electron chi connectivity index (χ4n) is 2.28. The Balaban J connectivity index is 4.59. The molecule has 0 aliphatic heterocycles. The van der Waals surface area contributed by atoms with Crippen LogP contribution in [0.5, 0.6) is 0 Å². The first-order chi connectivity index (χ1) is 8.47. The Kier molecular flexibility index (Phi) is 6.53. The van der Waals surface area contributed by atoms with Crippen LogP contribution in [-0.2, 0) is 14.3 Å². The minimum Gasteiger partial charge on any atom is -0.481 e. The highest BCUT2D eigenvalue weighted by atomic mass is 16.6. The van der Waals surface area contributed by atoms with E-state index in [1.807, 2.05) is 13.8 Å². The summed E-state index contributed by atoms with van der Waals surface area (Å²) in [6, 6.07) is 0. The van der Waals surface area contributed by atoms with Gasteiger partial charge < -0.3 is 9.84 Å². The van der Waals surface area contributed by atoms with Gasteiger partial charge in [-0.05, 0) is 39.0 Å². The van der Waals surface area contributed by atoms with E-state index in [1.54, 1.807) is 20.8 Å². The summed E-state index contributed by atoms with van der Waals surface area (Å²) in [4.78, 5) is 23.0. The van der Waals surface area contributed by atoms with Gasteiger partial charge in [-0.25, -0.2) is 0 Å². The molecule has 0 aliphatic rings. The predicted molar refractivity (Wildman–Crippen MR) is 74.9 cm³/mol. The lowest BCUT2D eigenvalue weighted by Gasteiger charge is -2.28. The van der Waals surface area contributed by atoms with Gasteiger partial charge in [-0.2, -0.15) is 0 Å². The second kappa shape index (κ2) is 6.92. The number of rotatable bonds is 7. The van der Waals surface area contributed by atoms with Gasteiger partial charge in [0, 0.05) is 0 Å². The Morgan fingerprint density at radius 2 is 1.68 bits per heavy atom. The summed E-state index contributed by atoms with van der Waals surface area (Å²) in [5.74, 6) is -2.03. The highest BCUT2D eigenvalue weighted by Crippen LogP contribution is 2.32. The minimum absolute atomic E-state index is 0.0558. The van der Waals surface area contributed by atoms with E-state index >= 15 is 0 Å². The second-order valence-corrected chi connectivity index (χ2v) is 6.94. The molecule has 0 heterocycles. The molecule has 0 aromatic rings. The minimum atomic E-state index is -0.921. The third kappa shape index (κ3) is 8.62. The normalized spacial score (nSPS) is 14.0. The molecule has 112 valence electrons. The smallest absolute Gasteiger partial charge is 0.307 e. The lowest BCUT2D eigenvalue weighted by atomic mass is 9.78. The standard InChI is InChI=1S/C15H28O4/c1-7-8-15(5,6)10-11(13(17)18)9-12(16)19-14(2,3)4/h11H,7-10H2,1-6H3,(H,17,18). The monoisotopic (exact) mass is 272 g/mol. The van der Waals surface area contributed by atoms with Gasteiger partial charge in [0.1, 0.15) is 5.60 Å². The van der Waals surface area contributed by atoms with Crippen molar-refractivity contribution in [2.45, 2.75) is 72.8 Å². The van der Waals surface area contributed by atoms with E-state index in [9.17, 15) is 14.7 Å². The number of carbonyl (C=O) groups excluding carboxylic acids is 1. The Bertz CT molecular complexity index is 313. The SMILES string of the molecule is CCCC(C)(C)CC(CC(=O)OC(C)(C)C)C(=O)O. The van der Waals surface area contributed by atoms with E-state index in [0.29, 0.717) is 6.42 Å². The largest absolute Gasteiger partial charge is 0.481 e. The maximum absolute atomic E-state index is 11.7. The zero-order chi connectivity index (χ0) is 15.3. The lowest BCUT2D eigenvalue weighted by molar-refractivity contribution is -0.160. The topological polar surface area (TPSA) is 63.6 Å².